The van der Waals surface area contributed by atoms with E-state index < -0.39 is 47.1 Å². The van der Waals surface area contributed by atoms with Gasteiger partial charge in [0.1, 0.15) is 11.6 Å². The number of hydrogen-bond acceptors (Lipinski definition) is 7. The molecule has 1 saturated carbocycles. The fourth-order valence-electron chi connectivity index (χ4n) is 3.67. The van der Waals surface area contributed by atoms with Gasteiger partial charge >= 0.3 is 5.97 Å². The van der Waals surface area contributed by atoms with Gasteiger partial charge in [0.15, 0.2) is 0 Å². The summed E-state index contributed by atoms with van der Waals surface area (Å²) in [6.45, 7) is -0.300. The van der Waals surface area contributed by atoms with Crippen LogP contribution < -0.4 is 16.0 Å². The topological polar surface area (TPSA) is 162 Å². The second-order valence-corrected chi connectivity index (χ2v) is 7.46. The van der Waals surface area contributed by atoms with E-state index in [4.69, 9.17) is 5.11 Å². The molecule has 3 aliphatic rings. The third-order valence-electron chi connectivity index (χ3n) is 5.45. The summed E-state index contributed by atoms with van der Waals surface area (Å²) in [6, 6.07) is 3.39. The molecule has 2 fully saturated rings. The van der Waals surface area contributed by atoms with E-state index in [0.29, 0.717) is 12.8 Å². The second kappa shape index (κ2) is 6.94. The number of carbonyl (C=O) groups excluding carboxylic acids is 5. The van der Waals surface area contributed by atoms with E-state index in [2.05, 4.69) is 16.0 Å². The van der Waals surface area contributed by atoms with Gasteiger partial charge in [0.25, 0.3) is 11.8 Å². The van der Waals surface area contributed by atoms with Crippen molar-refractivity contribution in [3.63, 3.8) is 0 Å². The Morgan fingerprint density at radius 2 is 1.90 bits per heavy atom. The van der Waals surface area contributed by atoms with Crippen LogP contribution in [0.5, 0.6) is 0 Å². The molecule has 2 heterocycles. The summed E-state index contributed by atoms with van der Waals surface area (Å²) in [7, 11) is 0. The van der Waals surface area contributed by atoms with E-state index in [1.807, 2.05) is 0 Å². The van der Waals surface area contributed by atoms with Crippen LogP contribution in [0.1, 0.15) is 46.4 Å². The van der Waals surface area contributed by atoms with Crippen molar-refractivity contribution in [1.82, 2.24) is 15.5 Å². The summed E-state index contributed by atoms with van der Waals surface area (Å²) in [5.74, 6) is -4.19. The van der Waals surface area contributed by atoms with Gasteiger partial charge < -0.3 is 15.7 Å². The quantitative estimate of drug-likeness (QED) is 0.441. The number of carbonyl (C=O) groups is 6. The standard InChI is InChI=1S/C19H18N4O7/c24-12-5-4-11(15(26)21-12)23-16(27)9-2-1-3-10(14(9)17(23)28)20-8-13(25)22-19(6-7-19)18(29)30/h1-3,11,20H,4-8H2,(H,22,25)(H,29,30)(H,21,24,26). The Morgan fingerprint density at radius 1 is 1.17 bits per heavy atom. The van der Waals surface area contributed by atoms with Gasteiger partial charge in [-0.3, -0.25) is 34.2 Å². The van der Waals surface area contributed by atoms with E-state index in [1.165, 1.54) is 18.2 Å². The summed E-state index contributed by atoms with van der Waals surface area (Å²) >= 11 is 0. The Bertz CT molecular complexity index is 1010. The molecule has 4 N–H and O–H groups in total. The predicted octanol–water partition coefficient (Wildman–Crippen LogP) is -0.767. The molecule has 1 aliphatic carbocycles. The zero-order chi connectivity index (χ0) is 21.6. The van der Waals surface area contributed by atoms with Gasteiger partial charge in [0.2, 0.25) is 17.7 Å². The van der Waals surface area contributed by atoms with Crippen LogP contribution in [0, 0.1) is 0 Å². The average Bonchev–Trinajstić information content (AvgIpc) is 3.43. The monoisotopic (exact) mass is 414 g/mol. The van der Waals surface area contributed by atoms with Crippen molar-refractivity contribution in [2.45, 2.75) is 37.3 Å². The molecule has 30 heavy (non-hydrogen) atoms. The van der Waals surface area contributed by atoms with Crippen LogP contribution in [0.4, 0.5) is 5.69 Å². The summed E-state index contributed by atoms with van der Waals surface area (Å²) < 4.78 is 0. The number of rotatable bonds is 6. The van der Waals surface area contributed by atoms with Crippen LogP contribution in [0.25, 0.3) is 0 Å². The first-order valence-corrected chi connectivity index (χ1v) is 9.36. The lowest BCUT2D eigenvalue weighted by Crippen LogP contribution is -2.54. The number of piperidine rings is 1. The SMILES string of the molecule is O=C1CCC(N2C(=O)c3cccc(NCC(=O)NC4(C(=O)O)CC4)c3C2=O)C(=O)N1. The lowest BCUT2D eigenvalue weighted by Gasteiger charge is -2.27. The van der Waals surface area contributed by atoms with Crippen molar-refractivity contribution in [3.8, 4) is 0 Å². The molecule has 1 aromatic rings. The van der Waals surface area contributed by atoms with Crippen molar-refractivity contribution < 1.29 is 33.9 Å². The number of aliphatic carboxylic acids is 1. The highest BCUT2D eigenvalue weighted by atomic mass is 16.4. The first-order valence-electron chi connectivity index (χ1n) is 9.36. The zero-order valence-corrected chi connectivity index (χ0v) is 15.7. The summed E-state index contributed by atoms with van der Waals surface area (Å²) in [4.78, 5) is 73.3. The van der Waals surface area contributed by atoms with Gasteiger partial charge in [-0.15, -0.1) is 0 Å². The highest BCUT2D eigenvalue weighted by Crippen LogP contribution is 2.35. The van der Waals surface area contributed by atoms with Crippen LogP contribution >= 0.6 is 0 Å². The molecule has 0 aromatic heterocycles. The molecular formula is C19H18N4O7. The van der Waals surface area contributed by atoms with E-state index in [9.17, 15) is 28.8 Å². The van der Waals surface area contributed by atoms with E-state index in [-0.39, 0.29) is 36.2 Å². The molecule has 156 valence electrons. The van der Waals surface area contributed by atoms with Crippen molar-refractivity contribution >= 4 is 41.2 Å². The molecule has 0 spiro atoms. The van der Waals surface area contributed by atoms with Gasteiger partial charge in [-0.25, -0.2) is 4.79 Å². The number of amides is 5. The van der Waals surface area contributed by atoms with Crippen LogP contribution in [-0.2, 0) is 19.2 Å². The molecule has 5 amide bonds. The molecule has 4 rings (SSSR count). The maximum atomic E-state index is 12.9. The first-order chi connectivity index (χ1) is 14.2. The molecule has 1 unspecified atom stereocenters. The summed E-state index contributed by atoms with van der Waals surface area (Å²) in [6.07, 6.45) is 0.754. The van der Waals surface area contributed by atoms with Gasteiger partial charge in [0, 0.05) is 12.1 Å². The Labute approximate surface area is 169 Å². The smallest absolute Gasteiger partial charge is 0.329 e. The fourth-order valence-corrected chi connectivity index (χ4v) is 3.67. The highest BCUT2D eigenvalue weighted by molar-refractivity contribution is 6.25. The minimum Gasteiger partial charge on any atom is -0.480 e. The summed E-state index contributed by atoms with van der Waals surface area (Å²) in [5.41, 5.74) is -0.902. The maximum absolute atomic E-state index is 12.9. The molecule has 11 nitrogen and oxygen atoms in total. The largest absolute Gasteiger partial charge is 0.480 e. The van der Waals surface area contributed by atoms with Crippen molar-refractivity contribution in [2.75, 3.05) is 11.9 Å². The van der Waals surface area contributed by atoms with E-state index in [1.54, 1.807) is 0 Å². The Morgan fingerprint density at radius 3 is 2.53 bits per heavy atom. The molecule has 0 bridgehead atoms. The van der Waals surface area contributed by atoms with Crippen LogP contribution in [0.2, 0.25) is 0 Å². The maximum Gasteiger partial charge on any atom is 0.329 e. The molecule has 0 radical (unpaired) electrons. The Balaban J connectivity index is 1.50. The first kappa shape index (κ1) is 19.6. The number of fused-ring (bicyclic) bond motifs is 1. The number of nitrogens with zero attached hydrogens (tertiary/aromatic N) is 1. The number of hydrogen-bond donors (Lipinski definition) is 4. The number of carboxylic acids is 1. The molecule has 1 aromatic carbocycles. The number of nitrogens with one attached hydrogen (secondary N) is 3. The lowest BCUT2D eigenvalue weighted by molar-refractivity contribution is -0.143. The van der Waals surface area contributed by atoms with Gasteiger partial charge in [0.05, 0.1) is 17.7 Å². The Hall–Kier alpha value is -3.76. The van der Waals surface area contributed by atoms with Gasteiger partial charge in [-0.2, -0.15) is 0 Å². The van der Waals surface area contributed by atoms with Crippen molar-refractivity contribution in [1.29, 1.82) is 0 Å². The minimum atomic E-state index is -1.23. The third kappa shape index (κ3) is 3.17. The molecule has 11 heteroatoms. The highest BCUT2D eigenvalue weighted by Gasteiger charge is 2.51. The average molecular weight is 414 g/mol. The van der Waals surface area contributed by atoms with Gasteiger partial charge in [-0.05, 0) is 31.4 Å². The third-order valence-corrected chi connectivity index (χ3v) is 5.45. The molecular weight excluding hydrogens is 396 g/mol. The number of carboxylic acid groups (broad SMARTS) is 1. The van der Waals surface area contributed by atoms with E-state index >= 15 is 0 Å². The van der Waals surface area contributed by atoms with Crippen LogP contribution in [0.3, 0.4) is 0 Å². The summed E-state index contributed by atoms with van der Waals surface area (Å²) in [5, 5.41) is 16.5. The number of benzene rings is 1. The van der Waals surface area contributed by atoms with Crippen molar-refractivity contribution in [2.24, 2.45) is 0 Å². The minimum absolute atomic E-state index is 0.0143. The van der Waals surface area contributed by atoms with Crippen LogP contribution in [0.15, 0.2) is 18.2 Å². The normalized spacial score (nSPS) is 21.7. The van der Waals surface area contributed by atoms with Crippen molar-refractivity contribution in [3.05, 3.63) is 29.3 Å². The molecule has 1 atom stereocenters. The second-order valence-electron chi connectivity index (χ2n) is 7.46. The fraction of sp³-hybridized carbons (Fsp3) is 0.368. The van der Waals surface area contributed by atoms with Crippen LogP contribution in [-0.4, -0.2) is 63.6 Å². The van der Waals surface area contributed by atoms with Gasteiger partial charge in [-0.1, -0.05) is 6.07 Å². The Kier molecular flexibility index (Phi) is 4.52. The lowest BCUT2D eigenvalue weighted by atomic mass is 10.0. The molecule has 2 aliphatic heterocycles. The number of imide groups is 2. The number of anilines is 1. The molecule has 1 saturated heterocycles. The van der Waals surface area contributed by atoms with E-state index in [0.717, 1.165) is 4.90 Å². The zero-order valence-electron chi connectivity index (χ0n) is 15.7. The predicted molar refractivity (Wildman–Crippen MR) is 99.3 cm³/mol.